The molecule has 4 nitrogen and oxygen atoms in total. The first-order valence-corrected chi connectivity index (χ1v) is 8.20. The molecule has 0 radical (unpaired) electrons. The van der Waals surface area contributed by atoms with Gasteiger partial charge in [0.1, 0.15) is 23.9 Å². The van der Waals surface area contributed by atoms with Gasteiger partial charge in [-0.3, -0.25) is 4.98 Å². The van der Waals surface area contributed by atoms with E-state index in [-0.39, 0.29) is 5.56 Å². The summed E-state index contributed by atoms with van der Waals surface area (Å²) in [5, 5.41) is 0. The van der Waals surface area contributed by atoms with Gasteiger partial charge in [0.05, 0.1) is 5.56 Å². The minimum atomic E-state index is -0.754. The van der Waals surface area contributed by atoms with Crippen molar-refractivity contribution in [1.29, 1.82) is 0 Å². The Morgan fingerprint density at radius 3 is 2.36 bits per heavy atom. The average Bonchev–Trinajstić information content (AvgIpc) is 2.62. The quantitative estimate of drug-likeness (QED) is 0.455. The van der Waals surface area contributed by atoms with E-state index in [1.165, 1.54) is 12.1 Å². The molecule has 3 rings (SSSR count). The molecule has 0 N–H and O–H groups in total. The second-order valence-electron chi connectivity index (χ2n) is 5.13. The fourth-order valence-electron chi connectivity index (χ4n) is 2.07. The lowest BCUT2D eigenvalue weighted by Gasteiger charge is -2.08. The normalized spacial score (nSPS) is 10.3. The van der Waals surface area contributed by atoms with Crippen LogP contribution in [0.15, 0.2) is 71.5 Å². The number of benzene rings is 2. The molecule has 1 aromatic heterocycles. The minimum Gasteiger partial charge on any atom is -0.489 e. The number of esters is 1. The zero-order valence-electron chi connectivity index (χ0n) is 13.0. The second-order valence-corrected chi connectivity index (χ2v) is 6.04. The van der Waals surface area contributed by atoms with E-state index in [0.29, 0.717) is 22.6 Å². The highest BCUT2D eigenvalue weighted by Crippen LogP contribution is 2.21. The van der Waals surface area contributed by atoms with Gasteiger partial charge in [-0.2, -0.15) is 0 Å². The number of nitrogens with zero attached hydrogens (tertiary/aromatic N) is 1. The monoisotopic (exact) mass is 401 g/mol. The highest BCUT2D eigenvalue weighted by molar-refractivity contribution is 9.10. The van der Waals surface area contributed by atoms with Crippen molar-refractivity contribution in [3.8, 4) is 11.5 Å². The molecule has 0 aliphatic rings. The number of carbonyl (C=O) groups is 1. The van der Waals surface area contributed by atoms with Gasteiger partial charge in [0.15, 0.2) is 0 Å². The Morgan fingerprint density at radius 2 is 1.68 bits per heavy atom. The fraction of sp³-hybridized carbons (Fsp3) is 0.0526. The first kappa shape index (κ1) is 17.1. The van der Waals surface area contributed by atoms with E-state index in [2.05, 4.69) is 20.9 Å². The molecule has 6 heteroatoms. The van der Waals surface area contributed by atoms with Crippen LogP contribution in [0.2, 0.25) is 0 Å². The summed E-state index contributed by atoms with van der Waals surface area (Å²) in [5.41, 5.74) is 0.873. The Hall–Kier alpha value is -2.73. The van der Waals surface area contributed by atoms with Crippen molar-refractivity contribution in [2.24, 2.45) is 0 Å². The molecule has 2 aromatic carbocycles. The van der Waals surface area contributed by atoms with E-state index in [1.807, 2.05) is 12.1 Å². The number of halogens is 2. The van der Waals surface area contributed by atoms with E-state index in [1.54, 1.807) is 42.7 Å². The zero-order valence-corrected chi connectivity index (χ0v) is 14.6. The van der Waals surface area contributed by atoms with Crippen LogP contribution in [0.4, 0.5) is 4.39 Å². The largest absolute Gasteiger partial charge is 0.489 e. The van der Waals surface area contributed by atoms with Crippen molar-refractivity contribution in [2.45, 2.75) is 6.61 Å². The molecular formula is C19H13BrFNO3. The maximum Gasteiger partial charge on any atom is 0.346 e. The Kier molecular flexibility index (Phi) is 5.40. The molecule has 0 saturated heterocycles. The second kappa shape index (κ2) is 7.90. The predicted molar refractivity (Wildman–Crippen MR) is 94.1 cm³/mol. The average molecular weight is 402 g/mol. The van der Waals surface area contributed by atoms with E-state index in [9.17, 15) is 9.18 Å². The molecule has 0 unspecified atom stereocenters. The number of pyridine rings is 1. The molecule has 0 fully saturated rings. The summed E-state index contributed by atoms with van der Waals surface area (Å²) in [6.45, 7) is 0.408. The topological polar surface area (TPSA) is 48.4 Å². The smallest absolute Gasteiger partial charge is 0.346 e. The maximum atomic E-state index is 13.8. The van der Waals surface area contributed by atoms with Gasteiger partial charge >= 0.3 is 5.97 Å². The molecule has 0 atom stereocenters. The molecule has 126 valence electrons. The van der Waals surface area contributed by atoms with Crippen molar-refractivity contribution in [2.75, 3.05) is 0 Å². The third-order valence-corrected chi connectivity index (χ3v) is 3.83. The first-order valence-electron chi connectivity index (χ1n) is 7.41. The van der Waals surface area contributed by atoms with Crippen molar-refractivity contribution in [1.82, 2.24) is 4.98 Å². The Morgan fingerprint density at radius 1 is 1.00 bits per heavy atom. The number of ether oxygens (including phenoxy) is 2. The van der Waals surface area contributed by atoms with E-state index < -0.39 is 11.8 Å². The molecule has 0 aliphatic heterocycles. The summed E-state index contributed by atoms with van der Waals surface area (Å²) in [6, 6.07) is 14.4. The molecule has 0 spiro atoms. The molecular weight excluding hydrogens is 389 g/mol. The number of hydrogen-bond acceptors (Lipinski definition) is 4. The summed E-state index contributed by atoms with van der Waals surface area (Å²) >= 11 is 3.14. The fourth-order valence-corrected chi connectivity index (χ4v) is 2.40. The van der Waals surface area contributed by atoms with Crippen LogP contribution >= 0.6 is 15.9 Å². The van der Waals surface area contributed by atoms with Crippen LogP contribution in [0.3, 0.4) is 0 Å². The van der Waals surface area contributed by atoms with Gasteiger partial charge in [-0.1, -0.05) is 15.9 Å². The Balaban J connectivity index is 1.61. The van der Waals surface area contributed by atoms with Gasteiger partial charge in [0.25, 0.3) is 0 Å². The van der Waals surface area contributed by atoms with Crippen LogP contribution in [0.5, 0.6) is 11.5 Å². The third kappa shape index (κ3) is 4.64. The summed E-state index contributed by atoms with van der Waals surface area (Å²) in [6.07, 6.45) is 3.39. The van der Waals surface area contributed by atoms with Crippen LogP contribution in [0.25, 0.3) is 0 Å². The molecule has 25 heavy (non-hydrogen) atoms. The number of rotatable bonds is 5. The Labute approximate surface area is 152 Å². The third-order valence-electron chi connectivity index (χ3n) is 3.34. The lowest BCUT2D eigenvalue weighted by atomic mass is 10.2. The lowest BCUT2D eigenvalue weighted by Crippen LogP contribution is -2.10. The first-order chi connectivity index (χ1) is 12.1. The summed E-state index contributed by atoms with van der Waals surface area (Å²) < 4.78 is 25.1. The van der Waals surface area contributed by atoms with Gasteiger partial charge in [-0.15, -0.1) is 0 Å². The SMILES string of the molecule is O=C(Oc1ccc(OCc2ccncc2)cc1)c1ccc(Br)cc1F. The zero-order chi connectivity index (χ0) is 17.6. The van der Waals surface area contributed by atoms with E-state index >= 15 is 0 Å². The van der Waals surface area contributed by atoms with Crippen molar-refractivity contribution >= 4 is 21.9 Å². The van der Waals surface area contributed by atoms with Crippen molar-refractivity contribution in [3.63, 3.8) is 0 Å². The predicted octanol–water partition coefficient (Wildman–Crippen LogP) is 4.78. The van der Waals surface area contributed by atoms with Gasteiger partial charge in [-0.25, -0.2) is 9.18 Å². The highest BCUT2D eigenvalue weighted by atomic mass is 79.9. The van der Waals surface area contributed by atoms with Crippen LogP contribution < -0.4 is 9.47 Å². The van der Waals surface area contributed by atoms with Crippen molar-refractivity contribution in [3.05, 3.63) is 88.4 Å². The van der Waals surface area contributed by atoms with Crippen LogP contribution in [0, 0.1) is 5.82 Å². The number of hydrogen-bond donors (Lipinski definition) is 0. The molecule has 1 heterocycles. The van der Waals surface area contributed by atoms with E-state index in [4.69, 9.17) is 9.47 Å². The van der Waals surface area contributed by atoms with Gasteiger partial charge in [0, 0.05) is 16.9 Å². The molecule has 0 aliphatic carbocycles. The molecule has 0 amide bonds. The molecule has 3 aromatic rings. The number of aromatic nitrogens is 1. The maximum absolute atomic E-state index is 13.8. The summed E-state index contributed by atoms with van der Waals surface area (Å²) in [4.78, 5) is 16.0. The van der Waals surface area contributed by atoms with Gasteiger partial charge in [0.2, 0.25) is 0 Å². The molecule has 0 saturated carbocycles. The van der Waals surface area contributed by atoms with Crippen LogP contribution in [0.1, 0.15) is 15.9 Å². The van der Waals surface area contributed by atoms with E-state index in [0.717, 1.165) is 5.56 Å². The van der Waals surface area contributed by atoms with Crippen LogP contribution in [-0.2, 0) is 6.61 Å². The molecule has 0 bridgehead atoms. The number of carbonyl (C=O) groups excluding carboxylic acids is 1. The summed E-state index contributed by atoms with van der Waals surface area (Å²) in [5.74, 6) is -0.456. The standard InChI is InChI=1S/C19H13BrFNO3/c20-14-1-6-17(18(21)11-14)19(23)25-16-4-2-15(3-5-16)24-12-13-7-9-22-10-8-13/h1-11H,12H2. The van der Waals surface area contributed by atoms with Crippen LogP contribution in [-0.4, -0.2) is 11.0 Å². The summed E-state index contributed by atoms with van der Waals surface area (Å²) in [7, 11) is 0. The van der Waals surface area contributed by atoms with Gasteiger partial charge in [-0.05, 0) is 60.2 Å². The van der Waals surface area contributed by atoms with Crippen molar-refractivity contribution < 1.29 is 18.7 Å². The lowest BCUT2D eigenvalue weighted by molar-refractivity contribution is 0.0729. The Bertz CT molecular complexity index is 870. The van der Waals surface area contributed by atoms with Gasteiger partial charge < -0.3 is 9.47 Å². The highest BCUT2D eigenvalue weighted by Gasteiger charge is 2.14. The minimum absolute atomic E-state index is 0.124.